The van der Waals surface area contributed by atoms with Crippen molar-refractivity contribution in [3.63, 3.8) is 0 Å². The van der Waals surface area contributed by atoms with Crippen LogP contribution in [0, 0.1) is 6.92 Å². The molecule has 1 aromatic carbocycles. The molecule has 0 aliphatic carbocycles. The molecule has 3 N–H and O–H groups in total. The third kappa shape index (κ3) is 3.76. The third-order valence-corrected chi connectivity index (χ3v) is 6.94. The van der Waals surface area contributed by atoms with Gasteiger partial charge in [0.15, 0.2) is 5.82 Å². The molecule has 3 aromatic rings. The second kappa shape index (κ2) is 6.94. The van der Waals surface area contributed by atoms with E-state index < -0.39 is 27.1 Å². The van der Waals surface area contributed by atoms with Crippen LogP contribution in [0.5, 0.6) is 0 Å². The summed E-state index contributed by atoms with van der Waals surface area (Å²) in [6, 6.07) is 6.13. The smallest absolute Gasteiger partial charge is 0.355 e. The SMILES string of the molecule is Cc1[nH]nc2cccc(NS(=O)(=O)C3CCN(c4cc(C(F)(F)F)[nH]n4)CC3)c12. The van der Waals surface area contributed by atoms with Crippen molar-refractivity contribution in [1.82, 2.24) is 20.4 Å². The number of hydrogen-bond acceptors (Lipinski definition) is 5. The van der Waals surface area contributed by atoms with Crippen LogP contribution in [0.1, 0.15) is 24.2 Å². The highest BCUT2D eigenvalue weighted by Gasteiger charge is 2.35. The Morgan fingerprint density at radius 2 is 1.90 bits per heavy atom. The summed E-state index contributed by atoms with van der Waals surface area (Å²) in [5.74, 6) is 0.167. The number of alkyl halides is 3. The molecule has 156 valence electrons. The van der Waals surface area contributed by atoms with Crippen LogP contribution < -0.4 is 9.62 Å². The minimum Gasteiger partial charge on any atom is -0.355 e. The predicted octanol–water partition coefficient (Wildman–Crippen LogP) is 3.02. The van der Waals surface area contributed by atoms with Crippen LogP contribution in [0.15, 0.2) is 24.3 Å². The van der Waals surface area contributed by atoms with Crippen molar-refractivity contribution in [3.05, 3.63) is 35.7 Å². The van der Waals surface area contributed by atoms with Crippen LogP contribution in [0.25, 0.3) is 10.9 Å². The average molecular weight is 428 g/mol. The van der Waals surface area contributed by atoms with E-state index in [2.05, 4.69) is 20.0 Å². The second-order valence-corrected chi connectivity index (χ2v) is 8.98. The number of aromatic amines is 2. The number of aromatic nitrogens is 4. The highest BCUT2D eigenvalue weighted by atomic mass is 32.2. The summed E-state index contributed by atoms with van der Waals surface area (Å²) < 4.78 is 66.6. The zero-order chi connectivity index (χ0) is 20.8. The number of hydrogen-bond donors (Lipinski definition) is 3. The molecule has 12 heteroatoms. The van der Waals surface area contributed by atoms with Gasteiger partial charge >= 0.3 is 6.18 Å². The van der Waals surface area contributed by atoms with E-state index in [0.717, 1.165) is 11.8 Å². The van der Waals surface area contributed by atoms with Gasteiger partial charge < -0.3 is 4.90 Å². The topological polar surface area (TPSA) is 107 Å². The zero-order valence-electron chi connectivity index (χ0n) is 15.4. The van der Waals surface area contributed by atoms with Gasteiger partial charge in [-0.3, -0.25) is 14.9 Å². The summed E-state index contributed by atoms with van der Waals surface area (Å²) in [6.07, 6.45) is -3.93. The molecular formula is C17H19F3N6O2S. The number of anilines is 2. The first-order chi connectivity index (χ1) is 13.6. The molecule has 4 rings (SSSR count). The van der Waals surface area contributed by atoms with Gasteiger partial charge in [0.05, 0.1) is 16.5 Å². The van der Waals surface area contributed by atoms with Crippen LogP contribution in [-0.4, -0.2) is 47.2 Å². The minimum atomic E-state index is -4.50. The van der Waals surface area contributed by atoms with Gasteiger partial charge in [-0.2, -0.15) is 23.4 Å². The molecule has 3 heterocycles. The Bertz CT molecular complexity index is 1130. The molecule has 1 aliphatic rings. The van der Waals surface area contributed by atoms with Gasteiger partial charge in [0, 0.05) is 30.2 Å². The molecule has 29 heavy (non-hydrogen) atoms. The number of fused-ring (bicyclic) bond motifs is 1. The maximum absolute atomic E-state index is 12.9. The highest BCUT2D eigenvalue weighted by Crippen LogP contribution is 2.32. The summed E-state index contributed by atoms with van der Waals surface area (Å²) >= 11 is 0. The molecule has 0 amide bonds. The minimum absolute atomic E-state index is 0.167. The van der Waals surface area contributed by atoms with E-state index in [9.17, 15) is 21.6 Å². The van der Waals surface area contributed by atoms with Crippen molar-refractivity contribution in [2.45, 2.75) is 31.2 Å². The number of sulfonamides is 1. The van der Waals surface area contributed by atoms with Crippen molar-refractivity contribution in [1.29, 1.82) is 0 Å². The standard InChI is InChI=1S/C17H19F3N6O2S/c1-10-16-12(22-21-10)3-2-4-13(16)25-29(27,28)11-5-7-26(8-6-11)15-9-14(23-24-15)17(18,19)20/h2-4,9,11,25H,5-8H2,1H3,(H,21,22)(H,23,24). The second-order valence-electron chi connectivity index (χ2n) is 7.02. The summed E-state index contributed by atoms with van der Waals surface area (Å²) in [4.78, 5) is 1.65. The van der Waals surface area contributed by atoms with Crippen molar-refractivity contribution in [2.24, 2.45) is 0 Å². The lowest BCUT2D eigenvalue weighted by atomic mass is 10.1. The summed E-state index contributed by atoms with van der Waals surface area (Å²) in [6.45, 7) is 2.40. The Morgan fingerprint density at radius 1 is 1.17 bits per heavy atom. The van der Waals surface area contributed by atoms with Crippen LogP contribution in [0.3, 0.4) is 0 Å². The lowest BCUT2D eigenvalue weighted by molar-refractivity contribution is -0.141. The first kappa shape index (κ1) is 19.6. The molecule has 1 saturated heterocycles. The van der Waals surface area contributed by atoms with Gasteiger partial charge in [0.25, 0.3) is 0 Å². The molecule has 0 radical (unpaired) electrons. The molecule has 1 fully saturated rings. The molecule has 0 spiro atoms. The van der Waals surface area contributed by atoms with Crippen LogP contribution in [-0.2, 0) is 16.2 Å². The number of H-pyrrole nitrogens is 2. The Morgan fingerprint density at radius 3 is 2.55 bits per heavy atom. The molecule has 0 bridgehead atoms. The fraction of sp³-hybridized carbons (Fsp3) is 0.412. The Kier molecular flexibility index (Phi) is 4.68. The maximum Gasteiger partial charge on any atom is 0.432 e. The average Bonchev–Trinajstić information content (AvgIpc) is 3.30. The number of piperidine rings is 1. The fourth-order valence-corrected chi connectivity index (χ4v) is 5.04. The number of rotatable bonds is 4. The molecule has 2 aromatic heterocycles. The molecule has 0 saturated carbocycles. The lowest BCUT2D eigenvalue weighted by Gasteiger charge is -2.31. The third-order valence-electron chi connectivity index (χ3n) is 5.09. The van der Waals surface area contributed by atoms with Crippen LogP contribution in [0.2, 0.25) is 0 Å². The summed E-state index contributed by atoms with van der Waals surface area (Å²) in [5, 5.41) is 12.7. The summed E-state index contributed by atoms with van der Waals surface area (Å²) in [5.41, 5.74) is 0.953. The largest absolute Gasteiger partial charge is 0.432 e. The van der Waals surface area contributed by atoms with Gasteiger partial charge in [-0.05, 0) is 31.9 Å². The molecule has 0 atom stereocenters. The van der Waals surface area contributed by atoms with E-state index >= 15 is 0 Å². The molecule has 0 unspecified atom stereocenters. The van der Waals surface area contributed by atoms with Gasteiger partial charge in [0.1, 0.15) is 5.69 Å². The van der Waals surface area contributed by atoms with Gasteiger partial charge in [-0.1, -0.05) is 6.07 Å². The Labute approximate surface area is 164 Å². The van der Waals surface area contributed by atoms with Crippen LogP contribution >= 0.6 is 0 Å². The van der Waals surface area contributed by atoms with E-state index in [4.69, 9.17) is 0 Å². The van der Waals surface area contributed by atoms with Gasteiger partial charge in [-0.15, -0.1) is 0 Å². The number of nitrogens with one attached hydrogen (secondary N) is 3. The van der Waals surface area contributed by atoms with E-state index in [1.807, 2.05) is 12.0 Å². The number of aryl methyl sites for hydroxylation is 1. The number of nitrogens with zero attached hydrogens (tertiary/aromatic N) is 3. The first-order valence-electron chi connectivity index (χ1n) is 8.98. The van der Waals surface area contributed by atoms with Crippen molar-refractivity contribution in [3.8, 4) is 0 Å². The first-order valence-corrected chi connectivity index (χ1v) is 10.5. The maximum atomic E-state index is 12.9. The van der Waals surface area contributed by atoms with E-state index in [0.29, 0.717) is 29.7 Å². The molecule has 1 aliphatic heterocycles. The molecular weight excluding hydrogens is 409 g/mol. The van der Waals surface area contributed by atoms with Crippen LogP contribution in [0.4, 0.5) is 24.7 Å². The van der Waals surface area contributed by atoms with E-state index in [1.165, 1.54) is 0 Å². The van der Waals surface area contributed by atoms with Crippen molar-refractivity contribution in [2.75, 3.05) is 22.7 Å². The van der Waals surface area contributed by atoms with E-state index in [1.54, 1.807) is 23.1 Å². The van der Waals surface area contributed by atoms with Gasteiger partial charge in [0.2, 0.25) is 10.0 Å². The highest BCUT2D eigenvalue weighted by molar-refractivity contribution is 7.93. The van der Waals surface area contributed by atoms with E-state index in [-0.39, 0.29) is 18.7 Å². The fourth-order valence-electron chi connectivity index (χ4n) is 3.56. The Hall–Kier alpha value is -2.76. The molecule has 8 nitrogen and oxygen atoms in total. The monoisotopic (exact) mass is 428 g/mol. The van der Waals surface area contributed by atoms with Crippen molar-refractivity contribution >= 4 is 32.4 Å². The number of benzene rings is 1. The zero-order valence-corrected chi connectivity index (χ0v) is 16.2. The lowest BCUT2D eigenvalue weighted by Crippen LogP contribution is -2.41. The summed E-state index contributed by atoms with van der Waals surface area (Å²) in [7, 11) is -3.67. The quantitative estimate of drug-likeness (QED) is 0.592. The predicted molar refractivity (Wildman–Crippen MR) is 102 cm³/mol. The Balaban J connectivity index is 1.46. The van der Waals surface area contributed by atoms with Gasteiger partial charge in [-0.25, -0.2) is 8.42 Å². The number of halogens is 3. The van der Waals surface area contributed by atoms with Crippen molar-refractivity contribution < 1.29 is 21.6 Å². The normalized spacial score (nSPS) is 16.5.